The zero-order chi connectivity index (χ0) is 27.1. The van der Waals surface area contributed by atoms with Gasteiger partial charge in [0.05, 0.1) is 28.8 Å². The second kappa shape index (κ2) is 10.0. The number of fused-ring (bicyclic) bond motifs is 2. The van der Waals surface area contributed by atoms with E-state index in [1.165, 1.54) is 18.6 Å². The van der Waals surface area contributed by atoms with E-state index in [9.17, 15) is 9.18 Å². The van der Waals surface area contributed by atoms with Crippen molar-refractivity contribution in [1.29, 1.82) is 0 Å². The Morgan fingerprint density at radius 2 is 1.73 bits per heavy atom. The van der Waals surface area contributed by atoms with E-state index in [0.717, 1.165) is 70.0 Å². The van der Waals surface area contributed by atoms with Gasteiger partial charge in [-0.1, -0.05) is 37.5 Å². The molecule has 1 fully saturated rings. The first-order valence-corrected chi connectivity index (χ1v) is 13.6. The number of carbonyl (C=O) groups excluding carboxylic acids is 1. The van der Waals surface area contributed by atoms with Gasteiger partial charge in [0, 0.05) is 45.7 Å². The van der Waals surface area contributed by atoms with Gasteiger partial charge >= 0.3 is 0 Å². The summed E-state index contributed by atoms with van der Waals surface area (Å²) in [5.74, 6) is -0.141. The second-order valence-corrected chi connectivity index (χ2v) is 10.4. The van der Waals surface area contributed by atoms with Gasteiger partial charge in [0.25, 0.3) is 0 Å². The van der Waals surface area contributed by atoms with Crippen molar-refractivity contribution in [3.63, 3.8) is 0 Å². The first kappa shape index (κ1) is 24.2. The maximum Gasteiger partial charge on any atom is 0.227 e. The summed E-state index contributed by atoms with van der Waals surface area (Å²) in [5.41, 5.74) is 7.39. The summed E-state index contributed by atoms with van der Waals surface area (Å²) in [6.45, 7) is 0. The monoisotopic (exact) mass is 530 g/mol. The van der Waals surface area contributed by atoms with Crippen LogP contribution in [0.25, 0.3) is 55.6 Å². The predicted octanol–water partition coefficient (Wildman–Crippen LogP) is 7.49. The van der Waals surface area contributed by atoms with E-state index in [1.54, 1.807) is 24.7 Å². The van der Waals surface area contributed by atoms with Gasteiger partial charge in [-0.3, -0.25) is 19.9 Å². The van der Waals surface area contributed by atoms with Gasteiger partial charge in [-0.25, -0.2) is 4.39 Å². The molecule has 7 rings (SSSR count). The van der Waals surface area contributed by atoms with Crippen molar-refractivity contribution in [3.05, 3.63) is 85.1 Å². The van der Waals surface area contributed by atoms with Crippen LogP contribution in [0.3, 0.4) is 0 Å². The van der Waals surface area contributed by atoms with Crippen molar-refractivity contribution in [1.82, 2.24) is 25.1 Å². The van der Waals surface area contributed by atoms with Crippen LogP contribution >= 0.6 is 0 Å². The number of aromatic nitrogens is 5. The highest BCUT2D eigenvalue weighted by Crippen LogP contribution is 2.35. The van der Waals surface area contributed by atoms with Gasteiger partial charge < -0.3 is 10.3 Å². The van der Waals surface area contributed by atoms with Gasteiger partial charge in [0.1, 0.15) is 11.5 Å². The molecule has 6 aromatic rings. The molecule has 2 aromatic carbocycles. The molecule has 1 aliphatic rings. The van der Waals surface area contributed by atoms with Crippen molar-refractivity contribution in [2.24, 2.45) is 5.92 Å². The zero-order valence-corrected chi connectivity index (χ0v) is 21.7. The van der Waals surface area contributed by atoms with Crippen LogP contribution in [0.5, 0.6) is 0 Å². The number of halogens is 1. The number of hydrogen-bond acceptors (Lipinski definition) is 4. The van der Waals surface area contributed by atoms with Crippen molar-refractivity contribution < 1.29 is 9.18 Å². The van der Waals surface area contributed by atoms with Crippen LogP contribution in [-0.2, 0) is 4.79 Å². The van der Waals surface area contributed by atoms with E-state index in [0.29, 0.717) is 16.9 Å². The van der Waals surface area contributed by atoms with E-state index in [2.05, 4.69) is 36.5 Å². The normalized spacial score (nSPS) is 14.1. The molecule has 1 aliphatic carbocycles. The number of nitrogens with one attached hydrogen (secondary N) is 3. The Balaban J connectivity index is 1.23. The summed E-state index contributed by atoms with van der Waals surface area (Å²) >= 11 is 0. The third-order valence-corrected chi connectivity index (χ3v) is 7.78. The highest BCUT2D eigenvalue weighted by molar-refractivity contribution is 6.01. The number of carbonyl (C=O) groups is 1. The SMILES string of the molecule is O=C(Nc1cncc(-c2ccc3[nH]nc(-c4cc5c(-c6cccc(F)c6)nccc5[nH]4)c3c2)c1)C1CCCCC1. The van der Waals surface area contributed by atoms with Crippen molar-refractivity contribution >= 4 is 33.4 Å². The van der Waals surface area contributed by atoms with E-state index in [-0.39, 0.29) is 17.6 Å². The Morgan fingerprint density at radius 3 is 2.60 bits per heavy atom. The molecular formula is C32H27FN6O. The smallest absolute Gasteiger partial charge is 0.227 e. The summed E-state index contributed by atoms with van der Waals surface area (Å²) < 4.78 is 13.9. The molecule has 198 valence electrons. The van der Waals surface area contributed by atoms with Gasteiger partial charge in [0.15, 0.2) is 0 Å². The molecule has 7 nitrogen and oxygen atoms in total. The number of amides is 1. The van der Waals surface area contributed by atoms with E-state index < -0.39 is 0 Å². The lowest BCUT2D eigenvalue weighted by Crippen LogP contribution is -2.24. The lowest BCUT2D eigenvalue weighted by atomic mass is 9.88. The Bertz CT molecular complexity index is 1870. The fourth-order valence-corrected chi connectivity index (χ4v) is 5.72. The van der Waals surface area contributed by atoms with Crippen molar-refractivity contribution in [2.45, 2.75) is 32.1 Å². The third kappa shape index (κ3) is 4.51. The van der Waals surface area contributed by atoms with Crippen molar-refractivity contribution in [2.75, 3.05) is 5.32 Å². The number of hydrogen-bond donors (Lipinski definition) is 3. The number of H-pyrrole nitrogens is 2. The minimum atomic E-state index is -0.301. The second-order valence-electron chi connectivity index (χ2n) is 10.4. The highest BCUT2D eigenvalue weighted by atomic mass is 19.1. The highest BCUT2D eigenvalue weighted by Gasteiger charge is 2.21. The minimum Gasteiger partial charge on any atom is -0.353 e. The van der Waals surface area contributed by atoms with Crippen LogP contribution < -0.4 is 5.32 Å². The molecule has 0 unspecified atom stereocenters. The number of aromatic amines is 2. The van der Waals surface area contributed by atoms with Crippen molar-refractivity contribution in [3.8, 4) is 33.8 Å². The lowest BCUT2D eigenvalue weighted by Gasteiger charge is -2.20. The summed E-state index contributed by atoms with van der Waals surface area (Å²) in [6.07, 6.45) is 10.6. The summed E-state index contributed by atoms with van der Waals surface area (Å²) in [6, 6.07) is 18.4. The topological polar surface area (TPSA) is 99.3 Å². The molecule has 0 aliphatic heterocycles. The Labute approximate surface area is 229 Å². The Morgan fingerprint density at radius 1 is 0.850 bits per heavy atom. The quantitative estimate of drug-likeness (QED) is 0.215. The van der Waals surface area contributed by atoms with Crippen LogP contribution in [0, 0.1) is 11.7 Å². The molecule has 0 radical (unpaired) electrons. The van der Waals surface area contributed by atoms with Gasteiger partial charge in [-0.05, 0) is 60.9 Å². The third-order valence-electron chi connectivity index (χ3n) is 7.78. The van der Waals surface area contributed by atoms with Crippen LogP contribution in [0.2, 0.25) is 0 Å². The molecular weight excluding hydrogens is 503 g/mol. The average molecular weight is 531 g/mol. The predicted molar refractivity (Wildman–Crippen MR) is 155 cm³/mol. The number of nitrogens with zero attached hydrogens (tertiary/aromatic N) is 3. The average Bonchev–Trinajstić information content (AvgIpc) is 3.61. The molecule has 8 heteroatoms. The molecule has 1 amide bonds. The minimum absolute atomic E-state index is 0.0789. The molecule has 0 bridgehead atoms. The molecule has 3 N–H and O–H groups in total. The number of benzene rings is 2. The van der Waals surface area contributed by atoms with Crippen LogP contribution in [0.15, 0.2) is 79.3 Å². The van der Waals surface area contributed by atoms with Gasteiger partial charge in [0.2, 0.25) is 5.91 Å². The molecule has 4 heterocycles. The Kier molecular flexibility index (Phi) is 6.07. The largest absolute Gasteiger partial charge is 0.353 e. The number of anilines is 1. The van der Waals surface area contributed by atoms with Gasteiger partial charge in [-0.15, -0.1) is 0 Å². The maximum atomic E-state index is 13.9. The van der Waals surface area contributed by atoms with E-state index in [1.807, 2.05) is 36.4 Å². The van der Waals surface area contributed by atoms with Crippen LogP contribution in [0.4, 0.5) is 10.1 Å². The molecule has 0 spiro atoms. The summed E-state index contributed by atoms with van der Waals surface area (Å²) in [4.78, 5) is 25.2. The van der Waals surface area contributed by atoms with E-state index >= 15 is 0 Å². The maximum absolute atomic E-state index is 13.9. The zero-order valence-electron chi connectivity index (χ0n) is 21.7. The fourth-order valence-electron chi connectivity index (χ4n) is 5.72. The number of pyridine rings is 2. The van der Waals surface area contributed by atoms with Crippen LogP contribution in [-0.4, -0.2) is 31.1 Å². The molecule has 0 atom stereocenters. The molecule has 1 saturated carbocycles. The van der Waals surface area contributed by atoms with Crippen LogP contribution in [0.1, 0.15) is 32.1 Å². The summed E-state index contributed by atoms with van der Waals surface area (Å²) in [5, 5.41) is 12.7. The van der Waals surface area contributed by atoms with Gasteiger partial charge in [-0.2, -0.15) is 5.10 Å². The fraction of sp³-hybridized carbons (Fsp3) is 0.188. The molecule has 40 heavy (non-hydrogen) atoms. The van der Waals surface area contributed by atoms with E-state index in [4.69, 9.17) is 0 Å². The molecule has 4 aromatic heterocycles. The number of rotatable bonds is 5. The first-order valence-electron chi connectivity index (χ1n) is 13.6. The molecule has 0 saturated heterocycles. The summed E-state index contributed by atoms with van der Waals surface area (Å²) in [7, 11) is 0. The standard InChI is InChI=1S/C32H27FN6O/c33-23-8-4-7-21(13-23)30-26-16-29(37-27(26)11-12-35-30)31-25-15-20(9-10-28(25)38-39-31)22-14-24(18-34-17-22)36-32(40)19-5-2-1-3-6-19/h4,7-19,37H,1-3,5-6H2,(H,36,40)(H,38,39). The first-order chi connectivity index (χ1) is 19.6. The Hall–Kier alpha value is -4.85. The lowest BCUT2D eigenvalue weighted by molar-refractivity contribution is -0.120.